The molecule has 0 radical (unpaired) electrons. The Bertz CT molecular complexity index is 98.6. The van der Waals surface area contributed by atoms with Gasteiger partial charge < -0.3 is 4.90 Å². The summed E-state index contributed by atoms with van der Waals surface area (Å²) in [7, 11) is 1.19. The van der Waals surface area contributed by atoms with Crippen LogP contribution in [0.1, 0.15) is 6.92 Å². The first-order valence-corrected chi connectivity index (χ1v) is 3.06. The molecule has 0 bridgehead atoms. The van der Waals surface area contributed by atoms with Crippen molar-refractivity contribution in [1.29, 1.82) is 0 Å². The number of carbonyl (C=O) groups is 1. The third-order valence-corrected chi connectivity index (χ3v) is 1.55. The van der Waals surface area contributed by atoms with Crippen molar-refractivity contribution in [2.45, 2.75) is 13.2 Å². The molecule has 44 valence electrons. The fourth-order valence-corrected chi connectivity index (χ4v) is 1.03. The molecule has 0 aromatic carbocycles. The number of carbonyl (C=O) groups excluding carboxylic acids is 1. The van der Waals surface area contributed by atoms with Crippen molar-refractivity contribution in [2.75, 3.05) is 13.0 Å². The average Bonchev–Trinajstić information content (AvgIpc) is 2.12. The van der Waals surface area contributed by atoms with E-state index in [1.807, 2.05) is 4.90 Å². The van der Waals surface area contributed by atoms with Gasteiger partial charge in [-0.15, -0.1) is 0 Å². The van der Waals surface area contributed by atoms with E-state index in [4.69, 9.17) is 0 Å². The third kappa shape index (κ3) is 1.03. The zero-order chi connectivity index (χ0) is 5.98. The smallest absolute Gasteiger partial charge is 0.218 e. The number of nitrogens with zero attached hydrogens (tertiary/aromatic N) is 1. The summed E-state index contributed by atoms with van der Waals surface area (Å²) in [6.07, 6.45) is 2.18. The molecule has 0 aliphatic carbocycles. The highest BCUT2D eigenvalue weighted by atomic mass is 16.2. The summed E-state index contributed by atoms with van der Waals surface area (Å²) < 4.78 is 0. The minimum absolute atomic E-state index is 0.225. The molecule has 0 spiro atoms. The van der Waals surface area contributed by atoms with Crippen molar-refractivity contribution in [2.24, 2.45) is 0 Å². The van der Waals surface area contributed by atoms with Gasteiger partial charge in [-0.3, -0.25) is 4.79 Å². The van der Waals surface area contributed by atoms with Gasteiger partial charge >= 0.3 is 0 Å². The van der Waals surface area contributed by atoms with Gasteiger partial charge in [-0.1, -0.05) is 6.32 Å². The summed E-state index contributed by atoms with van der Waals surface area (Å²) in [6.45, 7) is 2.61. The predicted molar refractivity (Wildman–Crippen MR) is 34.2 cm³/mol. The Morgan fingerprint density at radius 1 is 1.75 bits per heavy atom. The van der Waals surface area contributed by atoms with Gasteiger partial charge in [0.15, 0.2) is 0 Å². The first-order chi connectivity index (χ1) is 3.80. The fourth-order valence-electron chi connectivity index (χ4n) is 1.03. The Hall–Kier alpha value is -0.465. The minimum atomic E-state index is 0.225. The molecule has 1 fully saturated rings. The van der Waals surface area contributed by atoms with Crippen molar-refractivity contribution < 1.29 is 4.79 Å². The molecule has 1 aliphatic rings. The van der Waals surface area contributed by atoms with E-state index in [1.165, 1.54) is 13.6 Å². The molecule has 0 atom stereocenters. The summed E-state index contributed by atoms with van der Waals surface area (Å²) in [4.78, 5) is 12.5. The van der Waals surface area contributed by atoms with Crippen molar-refractivity contribution in [3.05, 3.63) is 0 Å². The van der Waals surface area contributed by atoms with Crippen LogP contribution in [0.4, 0.5) is 0 Å². The van der Waals surface area contributed by atoms with E-state index in [-0.39, 0.29) is 5.91 Å². The number of rotatable bonds is 0. The second-order valence-electron chi connectivity index (χ2n) is 2.21. The molecule has 3 heteroatoms. The number of amides is 1. The molecule has 2 nitrogen and oxygen atoms in total. The summed E-state index contributed by atoms with van der Waals surface area (Å²) in [5, 5.41) is 0. The zero-order valence-corrected chi connectivity index (χ0v) is 5.18. The van der Waals surface area contributed by atoms with Crippen molar-refractivity contribution >= 4 is 13.2 Å². The van der Waals surface area contributed by atoms with Crippen LogP contribution >= 0.6 is 0 Å². The first kappa shape index (κ1) is 5.67. The van der Waals surface area contributed by atoms with Gasteiger partial charge in [-0.05, 0) is 6.44 Å². The Balaban J connectivity index is 2.35. The maximum Gasteiger partial charge on any atom is 0.218 e. The maximum atomic E-state index is 10.6. The summed E-state index contributed by atoms with van der Waals surface area (Å²) in [6, 6.07) is 0. The van der Waals surface area contributed by atoms with Gasteiger partial charge in [-0.2, -0.15) is 0 Å². The van der Waals surface area contributed by atoms with Gasteiger partial charge in [0, 0.05) is 13.5 Å². The summed E-state index contributed by atoms with van der Waals surface area (Å²) in [5.41, 5.74) is 0. The second-order valence-corrected chi connectivity index (χ2v) is 2.21. The standard InChI is InChI=1S/C5H10BNO/c1-5(8)7-3-2-6-4-7/h6H,2-4H2,1H3. The molecule has 0 aromatic heterocycles. The lowest BCUT2D eigenvalue weighted by Gasteiger charge is -2.10. The SMILES string of the molecule is CC(=O)N1CBCC1. The second kappa shape index (κ2) is 2.20. The van der Waals surface area contributed by atoms with Crippen molar-refractivity contribution in [3.8, 4) is 0 Å². The minimum Gasteiger partial charge on any atom is -0.352 e. The van der Waals surface area contributed by atoms with Gasteiger partial charge in [0.2, 0.25) is 5.91 Å². The molecule has 1 rings (SSSR count). The Kier molecular flexibility index (Phi) is 1.56. The summed E-state index contributed by atoms with van der Waals surface area (Å²) >= 11 is 0. The Morgan fingerprint density at radius 3 is 2.75 bits per heavy atom. The van der Waals surface area contributed by atoms with Crippen LogP contribution in [0.2, 0.25) is 6.32 Å². The van der Waals surface area contributed by atoms with Crippen LogP contribution in [0, 0.1) is 0 Å². The van der Waals surface area contributed by atoms with E-state index in [0.29, 0.717) is 0 Å². The largest absolute Gasteiger partial charge is 0.352 e. The zero-order valence-electron chi connectivity index (χ0n) is 5.18. The molecule has 0 N–H and O–H groups in total. The predicted octanol–water partition coefficient (Wildman–Crippen LogP) is -0.339. The molecule has 8 heavy (non-hydrogen) atoms. The Morgan fingerprint density at radius 2 is 2.50 bits per heavy atom. The van der Waals surface area contributed by atoms with Gasteiger partial charge in [-0.25, -0.2) is 0 Å². The van der Waals surface area contributed by atoms with Crippen LogP contribution < -0.4 is 0 Å². The van der Waals surface area contributed by atoms with E-state index in [0.717, 1.165) is 13.0 Å². The van der Waals surface area contributed by atoms with Crippen LogP contribution in [0.3, 0.4) is 0 Å². The summed E-state index contributed by atoms with van der Waals surface area (Å²) in [5.74, 6) is 0.225. The van der Waals surface area contributed by atoms with Gasteiger partial charge in [0.05, 0.1) is 0 Å². The number of hydrogen-bond acceptors (Lipinski definition) is 1. The molecule has 1 saturated heterocycles. The quantitative estimate of drug-likeness (QED) is 0.391. The molecular formula is C5H10BNO. The molecule has 0 saturated carbocycles. The van der Waals surface area contributed by atoms with E-state index in [1.54, 1.807) is 6.92 Å². The highest BCUT2D eigenvalue weighted by Crippen LogP contribution is 1.99. The molecule has 1 aliphatic heterocycles. The van der Waals surface area contributed by atoms with E-state index in [2.05, 4.69) is 0 Å². The highest BCUT2D eigenvalue weighted by molar-refractivity contribution is 6.37. The monoisotopic (exact) mass is 111 g/mol. The van der Waals surface area contributed by atoms with Crippen molar-refractivity contribution in [1.82, 2.24) is 4.90 Å². The molecule has 1 heterocycles. The van der Waals surface area contributed by atoms with Crippen LogP contribution in [0.25, 0.3) is 0 Å². The molecular weight excluding hydrogens is 101 g/mol. The van der Waals surface area contributed by atoms with E-state index < -0.39 is 0 Å². The Labute approximate surface area is 50.1 Å². The normalized spacial score (nSPS) is 18.4. The highest BCUT2D eigenvalue weighted by Gasteiger charge is 2.13. The molecule has 0 unspecified atom stereocenters. The van der Waals surface area contributed by atoms with Crippen LogP contribution in [-0.4, -0.2) is 31.1 Å². The lowest BCUT2D eigenvalue weighted by molar-refractivity contribution is -0.127. The van der Waals surface area contributed by atoms with Crippen LogP contribution in [-0.2, 0) is 4.79 Å². The van der Waals surface area contributed by atoms with Crippen LogP contribution in [0.15, 0.2) is 0 Å². The van der Waals surface area contributed by atoms with Crippen molar-refractivity contribution in [3.63, 3.8) is 0 Å². The molecule has 1 amide bonds. The van der Waals surface area contributed by atoms with Crippen LogP contribution in [0.5, 0.6) is 0 Å². The van der Waals surface area contributed by atoms with Gasteiger partial charge in [0.25, 0.3) is 0 Å². The first-order valence-electron chi connectivity index (χ1n) is 3.06. The molecule has 0 aromatic rings. The fraction of sp³-hybridized carbons (Fsp3) is 0.800. The topological polar surface area (TPSA) is 20.3 Å². The van der Waals surface area contributed by atoms with Gasteiger partial charge in [0.1, 0.15) is 7.28 Å². The average molecular weight is 111 g/mol. The van der Waals surface area contributed by atoms with E-state index >= 15 is 0 Å². The van der Waals surface area contributed by atoms with E-state index in [9.17, 15) is 4.79 Å². The lowest BCUT2D eigenvalue weighted by Crippen LogP contribution is -2.25. The lowest BCUT2D eigenvalue weighted by atomic mass is 9.79. The third-order valence-electron chi connectivity index (χ3n) is 1.55. The number of hydrogen-bond donors (Lipinski definition) is 0. The maximum absolute atomic E-state index is 10.6.